The molecule has 2 aromatic heterocycles. The second-order valence-electron chi connectivity index (χ2n) is 7.81. The Morgan fingerprint density at radius 2 is 2.15 bits per heavy atom. The van der Waals surface area contributed by atoms with Crippen molar-refractivity contribution in [3.63, 3.8) is 0 Å². The highest BCUT2D eigenvalue weighted by atomic mass is 31.2. The summed E-state index contributed by atoms with van der Waals surface area (Å²) in [4.78, 5) is 40.0. The van der Waals surface area contributed by atoms with Crippen molar-refractivity contribution in [1.82, 2.24) is 30.1 Å². The summed E-state index contributed by atoms with van der Waals surface area (Å²) in [5.41, 5.74) is 9.94. The van der Waals surface area contributed by atoms with Crippen LogP contribution in [0.4, 0.5) is 5.82 Å². The molecular formula is C21H26N7O5P. The number of carbonyl (C=O) groups excluding carboxylic acids is 1. The number of hydroxylamine groups is 1. The number of fused-ring (bicyclic) bond motifs is 1. The maximum absolute atomic E-state index is 12.4. The monoisotopic (exact) mass is 488 g/mol. The smallest absolute Gasteiger partial charge is 0.382 e. The van der Waals surface area contributed by atoms with Gasteiger partial charge in [0.15, 0.2) is 11.5 Å². The highest BCUT2D eigenvalue weighted by Gasteiger charge is 2.29. The lowest BCUT2D eigenvalue weighted by Crippen LogP contribution is -2.41. The van der Waals surface area contributed by atoms with E-state index in [1.165, 1.54) is 13.3 Å². The van der Waals surface area contributed by atoms with Gasteiger partial charge in [0.1, 0.15) is 17.9 Å². The van der Waals surface area contributed by atoms with Gasteiger partial charge in [-0.25, -0.2) is 19.5 Å². The molecule has 0 saturated carbocycles. The van der Waals surface area contributed by atoms with Gasteiger partial charge in [0.2, 0.25) is 5.91 Å². The molecular weight excluding hydrogens is 461 g/mol. The number of hydrogen-bond donors (Lipinski definition) is 4. The van der Waals surface area contributed by atoms with Crippen LogP contribution >= 0.6 is 7.75 Å². The Morgan fingerprint density at radius 1 is 1.35 bits per heavy atom. The van der Waals surface area contributed by atoms with Crippen molar-refractivity contribution >= 4 is 30.6 Å². The lowest BCUT2D eigenvalue weighted by molar-refractivity contribution is -0.125. The van der Waals surface area contributed by atoms with Gasteiger partial charge >= 0.3 is 7.75 Å². The molecule has 5 N–H and O–H groups in total. The van der Waals surface area contributed by atoms with Crippen LogP contribution < -0.4 is 16.3 Å². The number of nitrogens with one attached hydrogen (secondary N) is 2. The summed E-state index contributed by atoms with van der Waals surface area (Å²) in [5.74, 6) is -0.680. The van der Waals surface area contributed by atoms with Gasteiger partial charge in [0.25, 0.3) is 0 Å². The van der Waals surface area contributed by atoms with Crippen LogP contribution in [0, 0.1) is 5.92 Å². The van der Waals surface area contributed by atoms with E-state index in [2.05, 4.69) is 20.4 Å². The van der Waals surface area contributed by atoms with Gasteiger partial charge in [-0.1, -0.05) is 42.5 Å². The van der Waals surface area contributed by atoms with Gasteiger partial charge in [0, 0.05) is 5.92 Å². The summed E-state index contributed by atoms with van der Waals surface area (Å²) in [6.45, 7) is 0.288. The first-order valence-corrected chi connectivity index (χ1v) is 12.1. The summed E-state index contributed by atoms with van der Waals surface area (Å²) in [6.07, 6.45) is 7.38. The van der Waals surface area contributed by atoms with Gasteiger partial charge in [-0.05, 0) is 18.9 Å². The molecule has 1 aliphatic rings. The number of carbonyl (C=O) groups is 1. The van der Waals surface area contributed by atoms with Crippen molar-refractivity contribution in [3.8, 4) is 0 Å². The molecule has 4 rings (SSSR count). The SMILES string of the molecule is [2H]C(ON[C@@H](C)C(=O)NP(=O)(O)OC[C@H]1C=C[C@@H](n2cnc3c(N)ncnc32)C1)c1ccccc1. The van der Waals surface area contributed by atoms with Crippen molar-refractivity contribution in [3.05, 3.63) is 60.7 Å². The zero-order valence-corrected chi connectivity index (χ0v) is 19.2. The predicted molar refractivity (Wildman–Crippen MR) is 124 cm³/mol. The Kier molecular flexibility index (Phi) is 6.93. The molecule has 0 aliphatic heterocycles. The molecule has 1 aliphatic carbocycles. The quantitative estimate of drug-likeness (QED) is 0.188. The number of nitrogens with zero attached hydrogens (tertiary/aromatic N) is 4. The number of anilines is 1. The van der Waals surface area contributed by atoms with Crippen molar-refractivity contribution < 1.29 is 25.0 Å². The van der Waals surface area contributed by atoms with E-state index in [0.29, 0.717) is 29.0 Å². The van der Waals surface area contributed by atoms with E-state index in [9.17, 15) is 14.3 Å². The number of benzene rings is 1. The topological polar surface area (TPSA) is 167 Å². The van der Waals surface area contributed by atoms with E-state index < -0.39 is 26.3 Å². The summed E-state index contributed by atoms with van der Waals surface area (Å²) in [7, 11) is -4.42. The number of amides is 1. The normalized spacial score (nSPS) is 21.6. The highest BCUT2D eigenvalue weighted by molar-refractivity contribution is 7.51. The fraction of sp³-hybridized carbons (Fsp3) is 0.333. The molecule has 13 heteroatoms. The summed E-state index contributed by atoms with van der Waals surface area (Å²) in [5, 5.41) is 1.99. The standard InChI is InChI=1S/C21H26N7O5P/c1-14(26-32-10-15-5-3-2-4-6-15)21(29)27-34(30,31)33-11-16-7-8-17(9-16)28-13-25-18-19(22)23-12-24-20(18)28/h2-8,12-14,16-17,26H,9-11H2,1H3,(H2,22,23,24)(H2,27,29,30,31)/t14-,16-,17+/m0/s1/i10D/t10?,14-,16-,17+. The van der Waals surface area contributed by atoms with Crippen molar-refractivity contribution in [2.24, 2.45) is 5.92 Å². The largest absolute Gasteiger partial charge is 0.432 e. The molecule has 0 saturated heterocycles. The van der Waals surface area contributed by atoms with Crippen LogP contribution in [0.3, 0.4) is 0 Å². The van der Waals surface area contributed by atoms with Gasteiger partial charge < -0.3 is 15.2 Å². The number of nitrogens with two attached hydrogens (primary N) is 1. The second-order valence-corrected chi connectivity index (χ2v) is 9.33. The van der Waals surface area contributed by atoms with E-state index in [1.807, 2.05) is 27.9 Å². The zero-order chi connectivity index (χ0) is 25.0. The van der Waals surface area contributed by atoms with Crippen molar-refractivity contribution in [2.45, 2.75) is 32.0 Å². The molecule has 2 heterocycles. The van der Waals surface area contributed by atoms with Crippen LogP contribution in [-0.2, 0) is 25.3 Å². The van der Waals surface area contributed by atoms with E-state index in [0.717, 1.165) is 0 Å². The highest BCUT2D eigenvalue weighted by Crippen LogP contribution is 2.39. The first-order chi connectivity index (χ1) is 16.7. The molecule has 12 nitrogen and oxygen atoms in total. The average Bonchev–Trinajstić information content (AvgIpc) is 3.49. The Balaban J connectivity index is 1.24. The summed E-state index contributed by atoms with van der Waals surface area (Å²) in [6, 6.07) is 7.67. The third-order valence-corrected chi connectivity index (χ3v) is 6.24. The third-order valence-electron chi connectivity index (χ3n) is 5.24. The maximum atomic E-state index is 12.4. The Morgan fingerprint density at radius 3 is 2.94 bits per heavy atom. The molecule has 2 unspecified atom stereocenters. The fourth-order valence-electron chi connectivity index (χ4n) is 3.45. The van der Waals surface area contributed by atoms with E-state index in [4.69, 9.17) is 16.5 Å². The lowest BCUT2D eigenvalue weighted by atomic mass is 10.1. The minimum Gasteiger partial charge on any atom is -0.382 e. The van der Waals surface area contributed by atoms with Gasteiger partial charge in [0.05, 0.1) is 26.9 Å². The van der Waals surface area contributed by atoms with E-state index in [-0.39, 0.29) is 18.6 Å². The number of rotatable bonds is 10. The van der Waals surface area contributed by atoms with Gasteiger partial charge in [-0.3, -0.25) is 19.2 Å². The molecule has 1 aromatic carbocycles. The molecule has 3 aromatic rings. The molecule has 5 atom stereocenters. The molecule has 0 fully saturated rings. The Labute approximate surface area is 197 Å². The van der Waals surface area contributed by atoms with Crippen LogP contribution in [0.25, 0.3) is 11.2 Å². The molecule has 1 amide bonds. The minimum atomic E-state index is -4.42. The Bertz CT molecular complexity index is 1260. The third kappa shape index (κ3) is 5.85. The molecule has 0 radical (unpaired) electrons. The lowest BCUT2D eigenvalue weighted by Gasteiger charge is -2.19. The zero-order valence-electron chi connectivity index (χ0n) is 19.3. The van der Waals surface area contributed by atoms with Crippen LogP contribution in [0.5, 0.6) is 0 Å². The number of allylic oxidation sites excluding steroid dienone is 1. The van der Waals surface area contributed by atoms with E-state index in [1.54, 1.807) is 30.6 Å². The maximum Gasteiger partial charge on any atom is 0.432 e. The van der Waals surface area contributed by atoms with Crippen LogP contribution in [0.1, 0.15) is 26.3 Å². The number of nitrogen functional groups attached to an aromatic ring is 1. The second kappa shape index (κ2) is 10.4. The fourth-order valence-corrected chi connectivity index (χ4v) is 4.38. The first kappa shape index (κ1) is 22.6. The summed E-state index contributed by atoms with van der Waals surface area (Å²) < 4.78 is 27.3. The predicted octanol–water partition coefficient (Wildman–Crippen LogP) is 1.87. The van der Waals surface area contributed by atoms with Crippen molar-refractivity contribution in [1.29, 1.82) is 0 Å². The van der Waals surface area contributed by atoms with Crippen LogP contribution in [0.15, 0.2) is 55.1 Å². The van der Waals surface area contributed by atoms with E-state index >= 15 is 0 Å². The number of hydrogen-bond acceptors (Lipinski definition) is 9. The van der Waals surface area contributed by atoms with Crippen LogP contribution in [-0.4, -0.2) is 43.0 Å². The van der Waals surface area contributed by atoms with Crippen LogP contribution in [0.2, 0.25) is 0 Å². The molecule has 0 spiro atoms. The van der Waals surface area contributed by atoms with Gasteiger partial charge in [-0.15, -0.1) is 0 Å². The Hall–Kier alpha value is -3.15. The molecule has 180 valence electrons. The molecule has 34 heavy (non-hydrogen) atoms. The van der Waals surface area contributed by atoms with Crippen molar-refractivity contribution in [2.75, 3.05) is 12.3 Å². The number of aromatic nitrogens is 4. The van der Waals surface area contributed by atoms with Gasteiger partial charge in [-0.2, -0.15) is 5.48 Å². The minimum absolute atomic E-state index is 0.0775. The number of imidazole rings is 1. The molecule has 0 bridgehead atoms. The summed E-state index contributed by atoms with van der Waals surface area (Å²) >= 11 is 0. The average molecular weight is 488 g/mol. The first-order valence-electron chi connectivity index (χ1n) is 11.1.